The van der Waals surface area contributed by atoms with Gasteiger partial charge in [0.25, 0.3) is 5.91 Å². The van der Waals surface area contributed by atoms with E-state index in [1.165, 1.54) is 23.8 Å². The van der Waals surface area contributed by atoms with Gasteiger partial charge in [-0.25, -0.2) is 9.48 Å². The van der Waals surface area contributed by atoms with Crippen molar-refractivity contribution in [1.29, 1.82) is 0 Å². The van der Waals surface area contributed by atoms with E-state index in [2.05, 4.69) is 129 Å². The topological polar surface area (TPSA) is 89.4 Å². The Hall–Kier alpha value is -6.23. The Morgan fingerprint density at radius 1 is 0.656 bits per heavy atom. The molecular weight excluding hydrogens is 763 g/mol. The predicted octanol–water partition coefficient (Wildman–Crippen LogP) is 9.17. The number of esters is 1. The Balaban J connectivity index is 1.13. The molecule has 0 spiro atoms. The Kier molecular flexibility index (Phi) is 14.8. The quantitative estimate of drug-likeness (QED) is 0.0591. The molecule has 0 aliphatic heterocycles. The maximum atomic E-state index is 13.9. The molecule has 61 heavy (non-hydrogen) atoms. The van der Waals surface area contributed by atoms with Gasteiger partial charge in [-0.05, 0) is 105 Å². The van der Waals surface area contributed by atoms with Crippen LogP contribution in [-0.2, 0) is 10.3 Å². The summed E-state index contributed by atoms with van der Waals surface area (Å²) in [5.74, 6) is 0.523. The summed E-state index contributed by atoms with van der Waals surface area (Å²) in [6, 6.07) is 45.2. The highest BCUT2D eigenvalue weighted by molar-refractivity contribution is 5.95. The number of benzene rings is 5. The summed E-state index contributed by atoms with van der Waals surface area (Å²) in [6.07, 6.45) is 1.81. The van der Waals surface area contributed by atoms with Crippen molar-refractivity contribution in [1.82, 2.24) is 24.5 Å². The van der Waals surface area contributed by atoms with Crippen LogP contribution in [0.3, 0.4) is 0 Å². The molecule has 0 radical (unpaired) electrons. The van der Waals surface area contributed by atoms with Crippen LogP contribution in [0, 0.1) is 0 Å². The molecule has 1 aromatic heterocycles. The van der Waals surface area contributed by atoms with E-state index in [9.17, 15) is 9.59 Å². The van der Waals surface area contributed by atoms with Crippen molar-refractivity contribution >= 4 is 11.9 Å². The second-order valence-corrected chi connectivity index (χ2v) is 15.8. The first kappa shape index (κ1) is 44.3. The van der Waals surface area contributed by atoms with Gasteiger partial charge in [0.15, 0.2) is 5.69 Å². The van der Waals surface area contributed by atoms with E-state index >= 15 is 0 Å². The Bertz CT molecular complexity index is 2240. The van der Waals surface area contributed by atoms with Gasteiger partial charge in [0.2, 0.25) is 0 Å². The lowest BCUT2D eigenvalue weighted by atomic mass is 9.75. The average Bonchev–Trinajstić information content (AvgIpc) is 3.74. The predicted molar refractivity (Wildman–Crippen MR) is 243 cm³/mol. The number of carbonyl (C=O) groups excluding carboxylic acids is 2. The third kappa shape index (κ3) is 9.56. The van der Waals surface area contributed by atoms with E-state index in [0.29, 0.717) is 34.9 Å². The molecule has 0 atom stereocenters. The molecule has 0 bridgehead atoms. The average molecular weight is 822 g/mol. The van der Waals surface area contributed by atoms with Gasteiger partial charge in [0.1, 0.15) is 11.5 Å². The molecule has 0 fully saturated rings. The van der Waals surface area contributed by atoms with Crippen LogP contribution in [0.2, 0.25) is 0 Å². The SMILES string of the molecule is COC(=O)c1cc(-c2c(OC)cccc2OC)n(-c2ccc(C(=O)N(C)CCCN(C)CCCN(C)C(c3ccccc3)(c3ccccc3)c3ccccc3)cc2C(C)C)n1. The van der Waals surface area contributed by atoms with Crippen molar-refractivity contribution in [3.63, 3.8) is 0 Å². The monoisotopic (exact) mass is 821 g/mol. The molecule has 5 aromatic carbocycles. The van der Waals surface area contributed by atoms with Crippen LogP contribution >= 0.6 is 0 Å². The number of amides is 1. The second-order valence-electron chi connectivity index (χ2n) is 15.8. The van der Waals surface area contributed by atoms with Crippen molar-refractivity contribution in [3.05, 3.63) is 167 Å². The first-order chi connectivity index (χ1) is 29.5. The number of ether oxygens (including phenoxy) is 3. The summed E-state index contributed by atoms with van der Waals surface area (Å²) >= 11 is 0. The molecule has 318 valence electrons. The molecule has 0 aliphatic rings. The number of methoxy groups -OCH3 is 3. The molecule has 10 heteroatoms. The van der Waals surface area contributed by atoms with Gasteiger partial charge in [-0.1, -0.05) is 111 Å². The molecule has 6 aromatic rings. The summed E-state index contributed by atoms with van der Waals surface area (Å²) in [6.45, 7) is 7.42. The van der Waals surface area contributed by atoms with Crippen molar-refractivity contribution in [3.8, 4) is 28.4 Å². The van der Waals surface area contributed by atoms with E-state index in [-0.39, 0.29) is 17.5 Å². The zero-order chi connectivity index (χ0) is 43.5. The molecule has 0 aliphatic carbocycles. The van der Waals surface area contributed by atoms with Crippen LogP contribution in [0.5, 0.6) is 11.5 Å². The Morgan fingerprint density at radius 2 is 1.18 bits per heavy atom. The molecule has 1 heterocycles. The fourth-order valence-corrected chi connectivity index (χ4v) is 8.35. The zero-order valence-electron chi connectivity index (χ0n) is 36.8. The van der Waals surface area contributed by atoms with E-state index in [1.807, 2.05) is 43.4 Å². The summed E-state index contributed by atoms with van der Waals surface area (Å²) in [4.78, 5) is 33.3. The zero-order valence-corrected chi connectivity index (χ0v) is 36.8. The first-order valence-electron chi connectivity index (χ1n) is 20.9. The normalized spacial score (nSPS) is 11.6. The largest absolute Gasteiger partial charge is 0.496 e. The van der Waals surface area contributed by atoms with Gasteiger partial charge in [0.05, 0.1) is 43.8 Å². The minimum absolute atomic E-state index is 0.0252. The maximum Gasteiger partial charge on any atom is 0.358 e. The van der Waals surface area contributed by atoms with Gasteiger partial charge in [-0.3, -0.25) is 9.69 Å². The summed E-state index contributed by atoms with van der Waals surface area (Å²) in [5, 5.41) is 4.70. The minimum Gasteiger partial charge on any atom is -0.496 e. The van der Waals surface area contributed by atoms with Gasteiger partial charge in [-0.2, -0.15) is 5.10 Å². The number of nitrogens with zero attached hydrogens (tertiary/aromatic N) is 5. The smallest absolute Gasteiger partial charge is 0.358 e. The maximum absolute atomic E-state index is 13.9. The number of rotatable bonds is 19. The van der Waals surface area contributed by atoms with Gasteiger partial charge >= 0.3 is 5.97 Å². The van der Waals surface area contributed by atoms with Crippen molar-refractivity contribution in [2.24, 2.45) is 0 Å². The highest BCUT2D eigenvalue weighted by Gasteiger charge is 2.40. The Labute approximate surface area is 361 Å². The fourth-order valence-electron chi connectivity index (χ4n) is 8.35. The Morgan fingerprint density at radius 3 is 1.67 bits per heavy atom. The number of carbonyl (C=O) groups is 2. The summed E-state index contributed by atoms with van der Waals surface area (Å²) in [7, 11) is 10.8. The molecule has 0 unspecified atom stereocenters. The highest BCUT2D eigenvalue weighted by atomic mass is 16.5. The van der Waals surface area contributed by atoms with Crippen LogP contribution in [0.15, 0.2) is 133 Å². The van der Waals surface area contributed by atoms with Crippen molar-refractivity contribution in [2.75, 3.05) is 68.7 Å². The third-order valence-electron chi connectivity index (χ3n) is 11.5. The third-order valence-corrected chi connectivity index (χ3v) is 11.5. The number of hydrogen-bond donors (Lipinski definition) is 0. The molecular formula is C51H59N5O5. The molecule has 0 saturated heterocycles. The molecule has 0 N–H and O–H groups in total. The van der Waals surface area contributed by atoms with E-state index in [4.69, 9.17) is 19.3 Å². The van der Waals surface area contributed by atoms with Crippen LogP contribution in [0.4, 0.5) is 0 Å². The van der Waals surface area contributed by atoms with Crippen LogP contribution in [-0.4, -0.2) is 105 Å². The highest BCUT2D eigenvalue weighted by Crippen LogP contribution is 2.42. The molecule has 10 nitrogen and oxygen atoms in total. The van der Waals surface area contributed by atoms with Crippen molar-refractivity contribution < 1.29 is 23.8 Å². The van der Waals surface area contributed by atoms with Gasteiger partial charge in [0, 0.05) is 25.7 Å². The first-order valence-corrected chi connectivity index (χ1v) is 20.9. The van der Waals surface area contributed by atoms with E-state index in [1.54, 1.807) is 29.9 Å². The lowest BCUT2D eigenvalue weighted by molar-refractivity contribution is 0.0593. The van der Waals surface area contributed by atoms with Crippen LogP contribution in [0.25, 0.3) is 16.9 Å². The minimum atomic E-state index is -0.567. The van der Waals surface area contributed by atoms with Crippen LogP contribution in [0.1, 0.15) is 75.7 Å². The van der Waals surface area contributed by atoms with Crippen molar-refractivity contribution in [2.45, 2.75) is 38.1 Å². The standard InChI is InChI=1S/C51H59N5O5/c1-37(2)42-35-38(29-30-44(42)56-45(36-43(52-56)50(58)61-8)48-46(59-6)27-18-28-47(48)60-7)49(57)54(4)33-19-31-53(3)32-20-34-55(5)51(39-21-12-9-13-22-39,40-23-14-10-15-24-40)41-25-16-11-17-26-41/h9-18,21-30,35-37H,19-20,31-34H2,1-8H3. The van der Waals surface area contributed by atoms with E-state index in [0.717, 1.165) is 43.7 Å². The number of hydrogen-bond acceptors (Lipinski definition) is 8. The second kappa shape index (κ2) is 20.4. The summed E-state index contributed by atoms with van der Waals surface area (Å²) in [5.41, 5.74) is 6.83. The van der Waals surface area contributed by atoms with Gasteiger partial charge in [-0.15, -0.1) is 0 Å². The van der Waals surface area contributed by atoms with Gasteiger partial charge < -0.3 is 24.0 Å². The summed E-state index contributed by atoms with van der Waals surface area (Å²) < 4.78 is 18.2. The lowest BCUT2D eigenvalue weighted by Gasteiger charge is -2.44. The molecule has 1 amide bonds. The number of aromatic nitrogens is 2. The fraction of sp³-hybridized carbons (Fsp3) is 0.314. The molecule has 0 saturated carbocycles. The van der Waals surface area contributed by atoms with E-state index < -0.39 is 11.5 Å². The lowest BCUT2D eigenvalue weighted by Crippen LogP contribution is -2.46. The molecule has 6 rings (SSSR count). The van der Waals surface area contributed by atoms with Crippen LogP contribution < -0.4 is 9.47 Å².